The average molecular weight is 237 g/mol. The van der Waals surface area contributed by atoms with E-state index in [0.717, 1.165) is 30.4 Å². The Hall–Kier alpha value is -1.16. The van der Waals surface area contributed by atoms with Gasteiger partial charge in [0.1, 0.15) is 11.6 Å². The van der Waals surface area contributed by atoms with E-state index in [4.69, 9.17) is 5.73 Å². The minimum Gasteiger partial charge on any atom is -0.356 e. The number of halogens is 1. The van der Waals surface area contributed by atoms with Crippen molar-refractivity contribution in [3.05, 3.63) is 23.6 Å². The van der Waals surface area contributed by atoms with Crippen LogP contribution in [0.25, 0.3) is 0 Å². The predicted octanol–water partition coefficient (Wildman–Crippen LogP) is 2.31. The third-order valence-electron chi connectivity index (χ3n) is 3.51. The fourth-order valence-electron chi connectivity index (χ4n) is 2.26. The summed E-state index contributed by atoms with van der Waals surface area (Å²) in [6, 6.07) is 1.49. The quantitative estimate of drug-likeness (QED) is 0.854. The molecule has 3 nitrogen and oxygen atoms in total. The second-order valence-corrected chi connectivity index (χ2v) is 4.68. The molecule has 1 fully saturated rings. The molecule has 0 radical (unpaired) electrons. The molecule has 17 heavy (non-hydrogen) atoms. The largest absolute Gasteiger partial charge is 0.356 e. The number of nitrogens with zero attached hydrogens (tertiary/aromatic N) is 2. The Morgan fingerprint density at radius 1 is 1.53 bits per heavy atom. The van der Waals surface area contributed by atoms with E-state index in [9.17, 15) is 4.39 Å². The highest BCUT2D eigenvalue weighted by Crippen LogP contribution is 2.29. The first-order valence-electron chi connectivity index (χ1n) is 6.34. The Morgan fingerprint density at radius 3 is 2.82 bits per heavy atom. The maximum Gasteiger partial charge on any atom is 0.141 e. The fraction of sp³-hybridized carbons (Fsp3) is 0.615. The molecule has 1 aromatic heterocycles. The van der Waals surface area contributed by atoms with Gasteiger partial charge in [-0.25, -0.2) is 9.37 Å². The van der Waals surface area contributed by atoms with Gasteiger partial charge in [0.25, 0.3) is 0 Å². The summed E-state index contributed by atoms with van der Waals surface area (Å²) in [6.45, 7) is 4.34. The Balaban J connectivity index is 2.16. The molecule has 1 aliphatic rings. The van der Waals surface area contributed by atoms with Crippen molar-refractivity contribution in [2.24, 2.45) is 11.7 Å². The lowest BCUT2D eigenvalue weighted by molar-refractivity contribution is 0.318. The second-order valence-electron chi connectivity index (χ2n) is 4.68. The van der Waals surface area contributed by atoms with E-state index >= 15 is 0 Å². The summed E-state index contributed by atoms with van der Waals surface area (Å²) in [5.41, 5.74) is 6.45. The van der Waals surface area contributed by atoms with Crippen molar-refractivity contribution in [2.75, 3.05) is 18.0 Å². The summed E-state index contributed by atoms with van der Waals surface area (Å²) in [4.78, 5) is 6.42. The standard InChI is InChI=1S/C13H20FN3/c1-2-17(9-10-4-3-5-10)13-11(7-15)6-12(14)8-16-13/h6,8,10H,2-5,7,9,15H2,1H3. The molecule has 1 aliphatic carbocycles. The van der Waals surface area contributed by atoms with Crippen LogP contribution in [-0.2, 0) is 6.54 Å². The van der Waals surface area contributed by atoms with E-state index in [1.54, 1.807) is 0 Å². The van der Waals surface area contributed by atoms with Crippen LogP contribution in [0.4, 0.5) is 10.2 Å². The Labute approximate surface area is 102 Å². The summed E-state index contributed by atoms with van der Waals surface area (Å²) in [6.07, 6.45) is 5.21. The molecule has 0 atom stereocenters. The molecular formula is C13H20FN3. The first kappa shape index (κ1) is 12.3. The van der Waals surface area contributed by atoms with Crippen LogP contribution in [0.2, 0.25) is 0 Å². The minimum absolute atomic E-state index is 0.311. The zero-order chi connectivity index (χ0) is 12.3. The highest BCUT2D eigenvalue weighted by molar-refractivity contribution is 5.46. The van der Waals surface area contributed by atoms with Gasteiger partial charge in [-0.05, 0) is 31.7 Å². The molecule has 2 rings (SSSR count). The van der Waals surface area contributed by atoms with Crippen LogP contribution in [-0.4, -0.2) is 18.1 Å². The maximum absolute atomic E-state index is 13.1. The summed E-state index contributed by atoms with van der Waals surface area (Å²) in [7, 11) is 0. The highest BCUT2D eigenvalue weighted by Gasteiger charge is 2.22. The molecule has 1 aromatic rings. The van der Waals surface area contributed by atoms with Gasteiger partial charge in [-0.15, -0.1) is 0 Å². The van der Waals surface area contributed by atoms with Crippen LogP contribution >= 0.6 is 0 Å². The molecule has 0 amide bonds. The van der Waals surface area contributed by atoms with Crippen molar-refractivity contribution in [3.8, 4) is 0 Å². The SMILES string of the molecule is CCN(CC1CCC1)c1ncc(F)cc1CN. The van der Waals surface area contributed by atoms with Crippen LogP contribution in [0.3, 0.4) is 0 Å². The van der Waals surface area contributed by atoms with Crippen molar-refractivity contribution < 1.29 is 4.39 Å². The predicted molar refractivity (Wildman–Crippen MR) is 67.3 cm³/mol. The Kier molecular flexibility index (Phi) is 3.94. The molecule has 1 saturated carbocycles. The number of rotatable bonds is 5. The first-order valence-corrected chi connectivity index (χ1v) is 6.34. The van der Waals surface area contributed by atoms with Gasteiger partial charge in [0.2, 0.25) is 0 Å². The molecule has 0 unspecified atom stereocenters. The lowest BCUT2D eigenvalue weighted by Gasteiger charge is -2.33. The van der Waals surface area contributed by atoms with Crippen LogP contribution in [0.5, 0.6) is 0 Å². The minimum atomic E-state index is -0.311. The van der Waals surface area contributed by atoms with Gasteiger partial charge in [0.05, 0.1) is 6.20 Å². The van der Waals surface area contributed by atoms with Crippen LogP contribution in [0, 0.1) is 11.7 Å². The molecule has 0 aromatic carbocycles. The third kappa shape index (κ3) is 2.75. The van der Waals surface area contributed by atoms with Gasteiger partial charge in [-0.3, -0.25) is 0 Å². The van der Waals surface area contributed by atoms with Gasteiger partial charge in [-0.2, -0.15) is 0 Å². The van der Waals surface area contributed by atoms with Crippen LogP contribution < -0.4 is 10.6 Å². The monoisotopic (exact) mass is 237 g/mol. The van der Waals surface area contributed by atoms with Crippen molar-refractivity contribution in [2.45, 2.75) is 32.7 Å². The molecule has 0 saturated heterocycles. The molecule has 0 spiro atoms. The molecule has 94 valence electrons. The summed E-state index contributed by atoms with van der Waals surface area (Å²) in [5, 5.41) is 0. The second kappa shape index (κ2) is 5.45. The van der Waals surface area contributed by atoms with E-state index in [1.807, 2.05) is 0 Å². The molecule has 2 N–H and O–H groups in total. The van der Waals surface area contributed by atoms with Gasteiger partial charge < -0.3 is 10.6 Å². The fourth-order valence-corrected chi connectivity index (χ4v) is 2.26. The van der Waals surface area contributed by atoms with E-state index in [0.29, 0.717) is 6.54 Å². The maximum atomic E-state index is 13.1. The van der Waals surface area contributed by atoms with Crippen molar-refractivity contribution in [1.29, 1.82) is 0 Å². The number of hydrogen-bond donors (Lipinski definition) is 1. The lowest BCUT2D eigenvalue weighted by Crippen LogP contribution is -2.34. The van der Waals surface area contributed by atoms with Gasteiger partial charge in [-0.1, -0.05) is 6.42 Å². The van der Waals surface area contributed by atoms with Crippen LogP contribution in [0.15, 0.2) is 12.3 Å². The van der Waals surface area contributed by atoms with Gasteiger partial charge >= 0.3 is 0 Å². The Morgan fingerprint density at radius 2 is 2.29 bits per heavy atom. The molecule has 0 bridgehead atoms. The highest BCUT2D eigenvalue weighted by atomic mass is 19.1. The molecule has 0 aliphatic heterocycles. The number of aromatic nitrogens is 1. The summed E-state index contributed by atoms with van der Waals surface area (Å²) in [5.74, 6) is 1.31. The summed E-state index contributed by atoms with van der Waals surface area (Å²) < 4.78 is 13.1. The first-order chi connectivity index (χ1) is 8.24. The zero-order valence-corrected chi connectivity index (χ0v) is 10.3. The van der Waals surface area contributed by atoms with Crippen molar-refractivity contribution >= 4 is 5.82 Å². The average Bonchev–Trinajstić information content (AvgIpc) is 2.29. The zero-order valence-electron chi connectivity index (χ0n) is 10.3. The molecule has 4 heteroatoms. The molecule has 1 heterocycles. The third-order valence-corrected chi connectivity index (χ3v) is 3.51. The number of anilines is 1. The normalized spacial score (nSPS) is 15.7. The van der Waals surface area contributed by atoms with Crippen molar-refractivity contribution in [3.63, 3.8) is 0 Å². The topological polar surface area (TPSA) is 42.2 Å². The molecular weight excluding hydrogens is 217 g/mol. The number of pyridine rings is 1. The summed E-state index contributed by atoms with van der Waals surface area (Å²) >= 11 is 0. The number of hydrogen-bond acceptors (Lipinski definition) is 3. The van der Waals surface area contributed by atoms with Crippen LogP contribution in [0.1, 0.15) is 31.7 Å². The Bertz CT molecular complexity index is 377. The van der Waals surface area contributed by atoms with Crippen molar-refractivity contribution in [1.82, 2.24) is 4.98 Å². The van der Waals surface area contributed by atoms with E-state index in [-0.39, 0.29) is 5.82 Å². The van der Waals surface area contributed by atoms with E-state index in [1.165, 1.54) is 31.5 Å². The van der Waals surface area contributed by atoms with E-state index < -0.39 is 0 Å². The van der Waals surface area contributed by atoms with Gasteiger partial charge in [0.15, 0.2) is 0 Å². The van der Waals surface area contributed by atoms with Gasteiger partial charge in [0, 0.05) is 25.2 Å². The number of nitrogens with two attached hydrogens (primary N) is 1. The lowest BCUT2D eigenvalue weighted by atomic mass is 9.85. The van der Waals surface area contributed by atoms with E-state index in [2.05, 4.69) is 16.8 Å². The smallest absolute Gasteiger partial charge is 0.141 e.